The molecule has 1 fully saturated rings. The predicted octanol–water partition coefficient (Wildman–Crippen LogP) is 1.10. The zero-order valence-corrected chi connectivity index (χ0v) is 7.95. The Labute approximate surface area is 76.4 Å². The van der Waals surface area contributed by atoms with Gasteiger partial charge in [0.1, 0.15) is 5.82 Å². The molecule has 1 aromatic rings. The fraction of sp³-hybridized carbons (Fsp3) is 0.625. The van der Waals surface area contributed by atoms with E-state index in [-0.39, 0.29) is 0 Å². The van der Waals surface area contributed by atoms with Crippen LogP contribution in [0.25, 0.3) is 0 Å². The minimum absolute atomic E-state index is 0.428. The number of aromatic nitrogens is 2. The monoisotopic (exact) mass is 183 g/mol. The Morgan fingerprint density at radius 1 is 1.67 bits per heavy atom. The maximum absolute atomic E-state index is 4.31. The summed E-state index contributed by atoms with van der Waals surface area (Å²) in [5.41, 5.74) is 1.14. The van der Waals surface area contributed by atoms with Crippen molar-refractivity contribution in [1.82, 2.24) is 15.3 Å². The first kappa shape index (κ1) is 8.13. The zero-order chi connectivity index (χ0) is 8.39. The summed E-state index contributed by atoms with van der Waals surface area (Å²) < 4.78 is 0. The number of nitrogens with one attached hydrogen (secondary N) is 2. The Balaban J connectivity index is 2.08. The Kier molecular flexibility index (Phi) is 2.37. The van der Waals surface area contributed by atoms with Crippen LogP contribution in [0.1, 0.15) is 17.6 Å². The number of H-pyrrole nitrogens is 1. The van der Waals surface area contributed by atoms with E-state index in [1.807, 2.05) is 24.9 Å². The average molecular weight is 183 g/mol. The Morgan fingerprint density at radius 3 is 3.17 bits per heavy atom. The summed E-state index contributed by atoms with van der Waals surface area (Å²) in [5, 5.41) is 3.43. The van der Waals surface area contributed by atoms with Crippen LogP contribution >= 0.6 is 11.8 Å². The highest BCUT2D eigenvalue weighted by Gasteiger charge is 2.16. The molecule has 2 heterocycles. The van der Waals surface area contributed by atoms with Gasteiger partial charge in [0.2, 0.25) is 0 Å². The number of rotatable bonds is 1. The van der Waals surface area contributed by atoms with E-state index in [9.17, 15) is 0 Å². The molecule has 0 radical (unpaired) electrons. The summed E-state index contributed by atoms with van der Waals surface area (Å²) in [4.78, 5) is 7.57. The van der Waals surface area contributed by atoms with Gasteiger partial charge in [-0.15, -0.1) is 0 Å². The second kappa shape index (κ2) is 3.49. The van der Waals surface area contributed by atoms with Gasteiger partial charge < -0.3 is 10.3 Å². The lowest BCUT2D eigenvalue weighted by Gasteiger charge is -2.20. The Morgan fingerprint density at radius 2 is 2.58 bits per heavy atom. The normalized spacial score (nSPS) is 24.2. The first-order valence-electron chi connectivity index (χ1n) is 4.19. The van der Waals surface area contributed by atoms with E-state index in [0.717, 1.165) is 23.8 Å². The molecule has 0 aliphatic carbocycles. The first-order valence-corrected chi connectivity index (χ1v) is 5.34. The summed E-state index contributed by atoms with van der Waals surface area (Å²) in [6, 6.07) is 0.428. The topological polar surface area (TPSA) is 40.7 Å². The second-order valence-corrected chi connectivity index (χ2v) is 4.18. The highest BCUT2D eigenvalue weighted by atomic mass is 32.2. The number of aromatic amines is 1. The number of imidazole rings is 1. The van der Waals surface area contributed by atoms with E-state index >= 15 is 0 Å². The largest absolute Gasteiger partial charge is 0.345 e. The van der Waals surface area contributed by atoms with Crippen molar-refractivity contribution >= 4 is 11.8 Å². The number of hydrogen-bond acceptors (Lipinski definition) is 3. The summed E-state index contributed by atoms with van der Waals surface area (Å²) in [5.74, 6) is 3.43. The lowest BCUT2D eigenvalue weighted by molar-refractivity contribution is 0.569. The predicted molar refractivity (Wildman–Crippen MR) is 51.4 cm³/mol. The molecular formula is C8H13N3S. The molecule has 0 bridgehead atoms. The molecule has 2 rings (SSSR count). The highest BCUT2D eigenvalue weighted by molar-refractivity contribution is 7.99. The molecule has 0 saturated carbocycles. The summed E-state index contributed by atoms with van der Waals surface area (Å²) in [6.45, 7) is 3.13. The third-order valence-electron chi connectivity index (χ3n) is 1.97. The van der Waals surface area contributed by atoms with Gasteiger partial charge in [0.25, 0.3) is 0 Å². The molecule has 1 aliphatic heterocycles. The van der Waals surface area contributed by atoms with Crippen molar-refractivity contribution < 1.29 is 0 Å². The molecule has 1 aliphatic rings. The standard InChI is InChI=1S/C8H13N3S/c1-6-4-10-8(11-6)7-5-12-3-2-9-7/h4,7,9H,2-3,5H2,1H3,(H,10,11). The summed E-state index contributed by atoms with van der Waals surface area (Å²) in [6.07, 6.45) is 1.89. The minimum Gasteiger partial charge on any atom is -0.345 e. The van der Waals surface area contributed by atoms with Crippen molar-refractivity contribution in [2.24, 2.45) is 0 Å². The highest BCUT2D eigenvalue weighted by Crippen LogP contribution is 2.18. The van der Waals surface area contributed by atoms with E-state index in [2.05, 4.69) is 15.3 Å². The van der Waals surface area contributed by atoms with Crippen molar-refractivity contribution in [1.29, 1.82) is 0 Å². The Bertz CT molecular complexity index is 253. The molecule has 1 aromatic heterocycles. The van der Waals surface area contributed by atoms with Crippen LogP contribution in [0.2, 0.25) is 0 Å². The quantitative estimate of drug-likeness (QED) is 0.685. The minimum atomic E-state index is 0.428. The van der Waals surface area contributed by atoms with Crippen LogP contribution in [0.5, 0.6) is 0 Å². The number of nitrogens with zero attached hydrogens (tertiary/aromatic N) is 1. The molecule has 3 nitrogen and oxygen atoms in total. The molecule has 66 valence electrons. The second-order valence-electron chi connectivity index (χ2n) is 3.03. The van der Waals surface area contributed by atoms with E-state index in [0.29, 0.717) is 6.04 Å². The molecule has 1 saturated heterocycles. The van der Waals surface area contributed by atoms with Crippen LogP contribution in [-0.2, 0) is 0 Å². The van der Waals surface area contributed by atoms with Crippen LogP contribution in [0, 0.1) is 6.92 Å². The first-order chi connectivity index (χ1) is 5.86. The fourth-order valence-corrected chi connectivity index (χ4v) is 2.29. The smallest absolute Gasteiger partial charge is 0.124 e. The van der Waals surface area contributed by atoms with Crippen molar-refractivity contribution in [2.45, 2.75) is 13.0 Å². The molecule has 1 unspecified atom stereocenters. The van der Waals surface area contributed by atoms with Crippen molar-refractivity contribution in [3.05, 3.63) is 17.7 Å². The van der Waals surface area contributed by atoms with Crippen LogP contribution < -0.4 is 5.32 Å². The molecule has 2 N–H and O–H groups in total. The maximum atomic E-state index is 4.31. The van der Waals surface area contributed by atoms with E-state index < -0.39 is 0 Å². The van der Waals surface area contributed by atoms with Crippen LogP contribution in [0.3, 0.4) is 0 Å². The molecule has 4 heteroatoms. The molecule has 1 atom stereocenters. The lowest BCUT2D eigenvalue weighted by Crippen LogP contribution is -2.30. The van der Waals surface area contributed by atoms with Gasteiger partial charge in [-0.2, -0.15) is 11.8 Å². The summed E-state index contributed by atoms with van der Waals surface area (Å²) in [7, 11) is 0. The number of thioether (sulfide) groups is 1. The van der Waals surface area contributed by atoms with Crippen molar-refractivity contribution in [3.8, 4) is 0 Å². The van der Waals surface area contributed by atoms with Gasteiger partial charge in [0.05, 0.1) is 6.04 Å². The fourth-order valence-electron chi connectivity index (χ4n) is 1.35. The lowest BCUT2D eigenvalue weighted by atomic mass is 10.3. The third kappa shape index (κ3) is 1.64. The van der Waals surface area contributed by atoms with Gasteiger partial charge in [-0.3, -0.25) is 0 Å². The van der Waals surface area contributed by atoms with Gasteiger partial charge in [-0.05, 0) is 6.92 Å². The van der Waals surface area contributed by atoms with Crippen molar-refractivity contribution in [3.63, 3.8) is 0 Å². The van der Waals surface area contributed by atoms with Crippen molar-refractivity contribution in [2.75, 3.05) is 18.1 Å². The molecule has 12 heavy (non-hydrogen) atoms. The molecule has 0 aromatic carbocycles. The van der Waals surface area contributed by atoms with Crippen LogP contribution in [0.4, 0.5) is 0 Å². The van der Waals surface area contributed by atoms with E-state index in [1.165, 1.54) is 5.75 Å². The van der Waals surface area contributed by atoms with Gasteiger partial charge in [-0.25, -0.2) is 4.98 Å². The van der Waals surface area contributed by atoms with Gasteiger partial charge >= 0.3 is 0 Å². The van der Waals surface area contributed by atoms with E-state index in [1.54, 1.807) is 0 Å². The van der Waals surface area contributed by atoms with Gasteiger partial charge in [-0.1, -0.05) is 0 Å². The Hall–Kier alpha value is -0.480. The maximum Gasteiger partial charge on any atom is 0.124 e. The average Bonchev–Trinajstić information content (AvgIpc) is 2.54. The number of aryl methyl sites for hydroxylation is 1. The van der Waals surface area contributed by atoms with E-state index in [4.69, 9.17) is 0 Å². The molecule has 0 amide bonds. The SMILES string of the molecule is Cc1cnc(C2CSCCN2)[nH]1. The molecule has 0 spiro atoms. The van der Waals surface area contributed by atoms with Gasteiger partial charge in [0, 0.05) is 29.9 Å². The third-order valence-corrected chi connectivity index (χ3v) is 3.04. The summed E-state index contributed by atoms with van der Waals surface area (Å²) >= 11 is 1.98. The van der Waals surface area contributed by atoms with Crippen LogP contribution in [-0.4, -0.2) is 28.0 Å². The molecular weight excluding hydrogens is 170 g/mol. The number of hydrogen-bond donors (Lipinski definition) is 2. The zero-order valence-electron chi connectivity index (χ0n) is 7.13. The van der Waals surface area contributed by atoms with Gasteiger partial charge in [0.15, 0.2) is 0 Å². The van der Waals surface area contributed by atoms with Crippen LogP contribution in [0.15, 0.2) is 6.20 Å².